The Morgan fingerprint density at radius 1 is 1.04 bits per heavy atom. The summed E-state index contributed by atoms with van der Waals surface area (Å²) in [5.74, 6) is -0.121. The quantitative estimate of drug-likeness (QED) is 0.874. The molecule has 0 spiro atoms. The van der Waals surface area contributed by atoms with E-state index < -0.39 is 0 Å². The van der Waals surface area contributed by atoms with E-state index in [0.29, 0.717) is 19.3 Å². The molecule has 2 aromatic rings. The molecule has 2 N–H and O–H groups in total. The SMILES string of the molecule is O=C(CCC1Cc2ccccc2NC1=O)Nc1cccc2c1CCCC2. The average molecular weight is 348 g/mol. The predicted molar refractivity (Wildman–Crippen MR) is 103 cm³/mol. The van der Waals surface area contributed by atoms with E-state index in [1.165, 1.54) is 24.0 Å². The molecule has 2 aliphatic rings. The van der Waals surface area contributed by atoms with Crippen LogP contribution in [0.15, 0.2) is 42.5 Å². The minimum Gasteiger partial charge on any atom is -0.326 e. The summed E-state index contributed by atoms with van der Waals surface area (Å²) < 4.78 is 0. The van der Waals surface area contributed by atoms with Crippen molar-refractivity contribution >= 4 is 23.2 Å². The van der Waals surface area contributed by atoms with Crippen molar-refractivity contribution in [3.63, 3.8) is 0 Å². The van der Waals surface area contributed by atoms with Gasteiger partial charge in [-0.1, -0.05) is 30.3 Å². The Balaban J connectivity index is 1.37. The normalized spacial score (nSPS) is 18.5. The van der Waals surface area contributed by atoms with Gasteiger partial charge in [-0.25, -0.2) is 0 Å². The van der Waals surface area contributed by atoms with Crippen LogP contribution in [0.4, 0.5) is 11.4 Å². The summed E-state index contributed by atoms with van der Waals surface area (Å²) in [7, 11) is 0. The van der Waals surface area contributed by atoms with Gasteiger partial charge in [0.25, 0.3) is 0 Å². The van der Waals surface area contributed by atoms with Crippen LogP contribution in [0.1, 0.15) is 42.4 Å². The molecule has 26 heavy (non-hydrogen) atoms. The molecule has 0 fully saturated rings. The fourth-order valence-electron chi connectivity index (χ4n) is 4.06. The van der Waals surface area contributed by atoms with Crippen LogP contribution < -0.4 is 10.6 Å². The van der Waals surface area contributed by atoms with Gasteiger partial charge in [0.1, 0.15) is 0 Å². The van der Waals surface area contributed by atoms with Crippen molar-refractivity contribution in [2.75, 3.05) is 10.6 Å². The molecule has 1 aliphatic heterocycles. The molecular weight excluding hydrogens is 324 g/mol. The summed E-state index contributed by atoms with van der Waals surface area (Å²) >= 11 is 0. The second-order valence-corrected chi connectivity index (χ2v) is 7.28. The molecule has 2 aromatic carbocycles. The maximum atomic E-state index is 12.5. The van der Waals surface area contributed by atoms with E-state index in [1.54, 1.807) is 0 Å². The van der Waals surface area contributed by atoms with Crippen LogP contribution in [0.2, 0.25) is 0 Å². The van der Waals surface area contributed by atoms with E-state index in [4.69, 9.17) is 0 Å². The number of carbonyl (C=O) groups is 2. The van der Waals surface area contributed by atoms with E-state index in [2.05, 4.69) is 16.7 Å². The lowest BCUT2D eigenvalue weighted by Gasteiger charge is -2.24. The summed E-state index contributed by atoms with van der Waals surface area (Å²) in [6.45, 7) is 0. The smallest absolute Gasteiger partial charge is 0.227 e. The van der Waals surface area contributed by atoms with Gasteiger partial charge >= 0.3 is 0 Å². The second kappa shape index (κ2) is 7.32. The molecule has 0 bridgehead atoms. The second-order valence-electron chi connectivity index (χ2n) is 7.28. The molecular formula is C22H24N2O2. The Kier molecular flexibility index (Phi) is 4.74. The van der Waals surface area contributed by atoms with Crippen LogP contribution >= 0.6 is 0 Å². The molecule has 1 aliphatic carbocycles. The standard InChI is InChI=1S/C22H24N2O2/c25-21(23-20-11-5-8-15-6-1-3-9-18(15)20)13-12-17-14-16-7-2-4-10-19(16)24-22(17)26/h2,4-5,7-8,10-11,17H,1,3,6,9,12-14H2,(H,23,25)(H,24,26). The van der Waals surface area contributed by atoms with Crippen molar-refractivity contribution in [2.45, 2.75) is 44.9 Å². The van der Waals surface area contributed by atoms with Gasteiger partial charge in [-0.3, -0.25) is 9.59 Å². The summed E-state index contributed by atoms with van der Waals surface area (Å²) in [5.41, 5.74) is 5.64. The van der Waals surface area contributed by atoms with Crippen LogP contribution in [-0.4, -0.2) is 11.8 Å². The number of fused-ring (bicyclic) bond motifs is 2. The monoisotopic (exact) mass is 348 g/mol. The van der Waals surface area contributed by atoms with E-state index in [9.17, 15) is 9.59 Å². The summed E-state index contributed by atoms with van der Waals surface area (Å²) in [6, 6.07) is 14.0. The fourth-order valence-corrected chi connectivity index (χ4v) is 4.06. The molecule has 4 heteroatoms. The van der Waals surface area contributed by atoms with Crippen molar-refractivity contribution < 1.29 is 9.59 Å². The minimum atomic E-state index is -0.139. The third-order valence-corrected chi connectivity index (χ3v) is 5.50. The zero-order valence-electron chi connectivity index (χ0n) is 14.9. The highest BCUT2D eigenvalue weighted by atomic mass is 16.2. The lowest BCUT2D eigenvalue weighted by molar-refractivity contribution is -0.121. The molecule has 0 saturated carbocycles. The van der Waals surface area contributed by atoms with Gasteiger partial charge in [0.2, 0.25) is 11.8 Å². The van der Waals surface area contributed by atoms with Gasteiger partial charge in [-0.15, -0.1) is 0 Å². The molecule has 1 atom stereocenters. The molecule has 1 unspecified atom stereocenters. The van der Waals surface area contributed by atoms with Crippen molar-refractivity contribution in [1.82, 2.24) is 0 Å². The average Bonchev–Trinajstić information content (AvgIpc) is 2.66. The third kappa shape index (κ3) is 3.50. The highest BCUT2D eigenvalue weighted by molar-refractivity contribution is 5.96. The topological polar surface area (TPSA) is 58.2 Å². The lowest BCUT2D eigenvalue weighted by atomic mass is 9.89. The molecule has 2 amide bonds. The summed E-state index contributed by atoms with van der Waals surface area (Å²) in [5, 5.41) is 6.03. The van der Waals surface area contributed by atoms with Crippen molar-refractivity contribution in [3.05, 3.63) is 59.2 Å². The number of rotatable bonds is 4. The molecule has 1 heterocycles. The number of hydrogen-bond donors (Lipinski definition) is 2. The molecule has 0 aromatic heterocycles. The number of aryl methyl sites for hydroxylation is 1. The van der Waals surface area contributed by atoms with Crippen molar-refractivity contribution in [2.24, 2.45) is 5.92 Å². The number of para-hydroxylation sites is 1. The number of amides is 2. The first kappa shape index (κ1) is 16.8. The Labute approximate surface area is 154 Å². The van der Waals surface area contributed by atoms with E-state index in [-0.39, 0.29) is 17.7 Å². The largest absolute Gasteiger partial charge is 0.326 e. The third-order valence-electron chi connectivity index (χ3n) is 5.50. The van der Waals surface area contributed by atoms with Gasteiger partial charge in [0, 0.05) is 23.7 Å². The molecule has 4 rings (SSSR count). The van der Waals surface area contributed by atoms with Gasteiger partial charge < -0.3 is 10.6 Å². The fraction of sp³-hybridized carbons (Fsp3) is 0.364. The lowest BCUT2D eigenvalue weighted by Crippen LogP contribution is -2.30. The Morgan fingerprint density at radius 3 is 2.77 bits per heavy atom. The number of carbonyl (C=O) groups excluding carboxylic acids is 2. The predicted octanol–water partition coefficient (Wildman–Crippen LogP) is 4.10. The van der Waals surface area contributed by atoms with E-state index in [1.807, 2.05) is 36.4 Å². The first-order valence-electron chi connectivity index (χ1n) is 9.50. The maximum Gasteiger partial charge on any atom is 0.227 e. The minimum absolute atomic E-state index is 0.00404. The maximum absolute atomic E-state index is 12.5. The van der Waals surface area contributed by atoms with Crippen molar-refractivity contribution in [1.29, 1.82) is 0 Å². The van der Waals surface area contributed by atoms with Crippen LogP contribution in [0, 0.1) is 5.92 Å². The molecule has 134 valence electrons. The van der Waals surface area contributed by atoms with Gasteiger partial charge in [-0.2, -0.15) is 0 Å². The Morgan fingerprint density at radius 2 is 1.85 bits per heavy atom. The zero-order chi connectivity index (χ0) is 17.9. The van der Waals surface area contributed by atoms with Gasteiger partial charge in [0.05, 0.1) is 0 Å². The van der Waals surface area contributed by atoms with Gasteiger partial charge in [0.15, 0.2) is 0 Å². The van der Waals surface area contributed by atoms with Crippen LogP contribution in [0.25, 0.3) is 0 Å². The van der Waals surface area contributed by atoms with Crippen molar-refractivity contribution in [3.8, 4) is 0 Å². The number of anilines is 2. The Bertz CT molecular complexity index is 844. The molecule has 0 saturated heterocycles. The van der Waals surface area contributed by atoms with Crippen LogP contribution in [0.5, 0.6) is 0 Å². The van der Waals surface area contributed by atoms with Crippen LogP contribution in [-0.2, 0) is 28.9 Å². The first-order valence-corrected chi connectivity index (χ1v) is 9.50. The number of hydrogen-bond acceptors (Lipinski definition) is 2. The van der Waals surface area contributed by atoms with Crippen LogP contribution in [0.3, 0.4) is 0 Å². The molecule has 4 nitrogen and oxygen atoms in total. The highest BCUT2D eigenvalue weighted by Crippen LogP contribution is 2.29. The van der Waals surface area contributed by atoms with E-state index >= 15 is 0 Å². The number of benzene rings is 2. The zero-order valence-corrected chi connectivity index (χ0v) is 14.9. The molecule has 0 radical (unpaired) electrons. The van der Waals surface area contributed by atoms with Gasteiger partial charge in [-0.05, 0) is 67.3 Å². The number of nitrogens with one attached hydrogen (secondary N) is 2. The Hall–Kier alpha value is -2.62. The van der Waals surface area contributed by atoms with E-state index in [0.717, 1.165) is 29.8 Å². The first-order chi connectivity index (χ1) is 12.7. The summed E-state index contributed by atoms with van der Waals surface area (Å²) in [6.07, 6.45) is 6.18. The highest BCUT2D eigenvalue weighted by Gasteiger charge is 2.26. The summed E-state index contributed by atoms with van der Waals surface area (Å²) in [4.78, 5) is 24.7.